The number of benzene rings is 2. The van der Waals surface area contributed by atoms with E-state index in [1.165, 1.54) is 19.1 Å². The van der Waals surface area contributed by atoms with E-state index >= 15 is 0 Å². The molecule has 0 aliphatic heterocycles. The topological polar surface area (TPSA) is 88.9 Å². The van der Waals surface area contributed by atoms with Crippen molar-refractivity contribution in [3.8, 4) is 22.6 Å². The van der Waals surface area contributed by atoms with Crippen LogP contribution in [0.5, 0.6) is 0 Å². The van der Waals surface area contributed by atoms with Crippen LogP contribution in [0.4, 0.5) is 5.69 Å². The van der Waals surface area contributed by atoms with E-state index < -0.39 is 4.92 Å². The Balaban J connectivity index is 2.07. The maximum absolute atomic E-state index is 11.9. The van der Waals surface area contributed by atoms with Crippen molar-refractivity contribution in [1.29, 1.82) is 0 Å². The third kappa shape index (κ3) is 2.94. The van der Waals surface area contributed by atoms with E-state index in [-0.39, 0.29) is 11.5 Å². The normalized spacial score (nSPS) is 10.6. The van der Waals surface area contributed by atoms with Crippen LogP contribution >= 0.6 is 0 Å². The lowest BCUT2D eigenvalue weighted by molar-refractivity contribution is -0.384. The van der Waals surface area contributed by atoms with Crippen LogP contribution < -0.4 is 0 Å². The van der Waals surface area contributed by atoms with Gasteiger partial charge in [-0.2, -0.15) is 0 Å². The highest BCUT2D eigenvalue weighted by molar-refractivity contribution is 5.99. The smallest absolute Gasteiger partial charge is 0.269 e. The summed E-state index contributed by atoms with van der Waals surface area (Å²) in [6.45, 7) is 3.47. The van der Waals surface area contributed by atoms with Crippen LogP contribution in [0.3, 0.4) is 0 Å². The molecule has 6 heteroatoms. The van der Waals surface area contributed by atoms with Gasteiger partial charge in [-0.1, -0.05) is 29.8 Å². The summed E-state index contributed by atoms with van der Waals surface area (Å²) in [5.41, 5.74) is 3.66. The molecule has 0 unspecified atom stereocenters. The van der Waals surface area contributed by atoms with Crippen molar-refractivity contribution < 1.29 is 9.72 Å². The third-order valence-corrected chi connectivity index (χ3v) is 3.73. The Hall–Kier alpha value is -3.28. The van der Waals surface area contributed by atoms with Crippen molar-refractivity contribution >= 4 is 11.5 Å². The van der Waals surface area contributed by atoms with Gasteiger partial charge in [0.05, 0.1) is 10.6 Å². The number of imidazole rings is 1. The quantitative estimate of drug-likeness (QED) is 0.444. The van der Waals surface area contributed by atoms with Gasteiger partial charge in [0.25, 0.3) is 5.69 Å². The summed E-state index contributed by atoms with van der Waals surface area (Å²) in [4.78, 5) is 29.8. The number of nitrogens with one attached hydrogen (secondary N) is 1. The molecule has 3 rings (SSSR count). The number of hydrogen-bond acceptors (Lipinski definition) is 4. The van der Waals surface area contributed by atoms with Crippen LogP contribution in [-0.2, 0) is 0 Å². The molecule has 0 fully saturated rings. The van der Waals surface area contributed by atoms with Gasteiger partial charge < -0.3 is 4.98 Å². The first-order chi connectivity index (χ1) is 11.5. The molecule has 3 aromatic rings. The molecule has 1 N–H and O–H groups in total. The van der Waals surface area contributed by atoms with E-state index in [2.05, 4.69) is 9.97 Å². The number of carbonyl (C=O) groups excluding carboxylic acids is 1. The van der Waals surface area contributed by atoms with Gasteiger partial charge in [-0.3, -0.25) is 14.9 Å². The standard InChI is InChI=1S/C18H15N3O3/c1-11-3-5-13(6-4-11)17-16(12(2)22)19-18(20-17)14-7-9-15(10-8-14)21(23)24/h3-10H,1-2H3,(H,19,20). The van der Waals surface area contributed by atoms with Crippen LogP contribution in [-0.4, -0.2) is 20.7 Å². The average molecular weight is 321 g/mol. The minimum atomic E-state index is -0.454. The SMILES string of the molecule is CC(=O)c1[nH]c(-c2ccc([N+](=O)[O-])cc2)nc1-c1ccc(C)cc1. The van der Waals surface area contributed by atoms with Gasteiger partial charge in [-0.25, -0.2) is 4.98 Å². The molecular weight excluding hydrogens is 306 g/mol. The molecule has 0 saturated carbocycles. The number of nitro benzene ring substituents is 1. The minimum absolute atomic E-state index is 0.0101. The number of hydrogen-bond donors (Lipinski definition) is 1. The number of H-pyrrole nitrogens is 1. The second-order valence-electron chi connectivity index (χ2n) is 5.54. The number of aryl methyl sites for hydroxylation is 1. The van der Waals surface area contributed by atoms with Gasteiger partial charge in [0.1, 0.15) is 11.5 Å². The minimum Gasteiger partial charge on any atom is -0.335 e. The number of nitrogens with zero attached hydrogens (tertiary/aromatic N) is 2. The number of nitro groups is 1. The zero-order valence-corrected chi connectivity index (χ0v) is 13.2. The van der Waals surface area contributed by atoms with Crippen molar-refractivity contribution in [3.05, 3.63) is 69.9 Å². The highest BCUT2D eigenvalue weighted by Crippen LogP contribution is 2.27. The fourth-order valence-electron chi connectivity index (χ4n) is 2.43. The van der Waals surface area contributed by atoms with Gasteiger partial charge in [-0.05, 0) is 19.1 Å². The van der Waals surface area contributed by atoms with Gasteiger partial charge >= 0.3 is 0 Å². The summed E-state index contributed by atoms with van der Waals surface area (Å²) >= 11 is 0. The zero-order valence-electron chi connectivity index (χ0n) is 13.2. The van der Waals surface area contributed by atoms with E-state index in [4.69, 9.17) is 0 Å². The molecule has 0 amide bonds. The summed E-state index contributed by atoms with van der Waals surface area (Å²) in [6.07, 6.45) is 0. The number of ketones is 1. The summed E-state index contributed by atoms with van der Waals surface area (Å²) < 4.78 is 0. The van der Waals surface area contributed by atoms with Crippen molar-refractivity contribution in [1.82, 2.24) is 9.97 Å². The number of Topliss-reactive ketones (excluding diaryl/α,β-unsaturated/α-hetero) is 1. The molecule has 24 heavy (non-hydrogen) atoms. The number of rotatable bonds is 4. The second-order valence-corrected chi connectivity index (χ2v) is 5.54. The van der Waals surface area contributed by atoms with Crippen LogP contribution in [0.1, 0.15) is 23.0 Å². The Morgan fingerprint density at radius 2 is 1.62 bits per heavy atom. The molecule has 6 nitrogen and oxygen atoms in total. The zero-order chi connectivity index (χ0) is 17.3. The molecule has 1 heterocycles. The van der Waals surface area contributed by atoms with Crippen molar-refractivity contribution in [2.45, 2.75) is 13.8 Å². The van der Waals surface area contributed by atoms with Crippen LogP contribution in [0.2, 0.25) is 0 Å². The number of non-ortho nitro benzene ring substituents is 1. The monoisotopic (exact) mass is 321 g/mol. The van der Waals surface area contributed by atoms with Crippen LogP contribution in [0.15, 0.2) is 48.5 Å². The Labute approximate surface area is 138 Å². The summed E-state index contributed by atoms with van der Waals surface area (Å²) in [7, 11) is 0. The van der Waals surface area contributed by atoms with E-state index in [0.717, 1.165) is 11.1 Å². The molecule has 0 aliphatic carbocycles. The van der Waals surface area contributed by atoms with Gasteiger partial charge in [0.15, 0.2) is 5.78 Å². The molecule has 0 aliphatic rings. The number of carbonyl (C=O) groups is 1. The highest BCUT2D eigenvalue weighted by atomic mass is 16.6. The Bertz CT molecular complexity index is 910. The molecule has 0 radical (unpaired) electrons. The largest absolute Gasteiger partial charge is 0.335 e. The lowest BCUT2D eigenvalue weighted by atomic mass is 10.1. The van der Waals surface area contributed by atoms with Gasteiger partial charge in [-0.15, -0.1) is 0 Å². The lowest BCUT2D eigenvalue weighted by Crippen LogP contribution is -1.95. The van der Waals surface area contributed by atoms with Gasteiger partial charge in [0.2, 0.25) is 0 Å². The predicted octanol–water partition coefficient (Wildman–Crippen LogP) is 4.16. The number of aromatic nitrogens is 2. The third-order valence-electron chi connectivity index (χ3n) is 3.73. The lowest BCUT2D eigenvalue weighted by Gasteiger charge is -2.00. The molecule has 0 spiro atoms. The maximum atomic E-state index is 11.9. The van der Waals surface area contributed by atoms with E-state index in [9.17, 15) is 14.9 Å². The Morgan fingerprint density at radius 1 is 1.04 bits per heavy atom. The fourth-order valence-corrected chi connectivity index (χ4v) is 2.43. The molecule has 0 bridgehead atoms. The molecule has 0 saturated heterocycles. The summed E-state index contributed by atoms with van der Waals surface area (Å²) in [5, 5.41) is 10.7. The molecule has 120 valence electrons. The van der Waals surface area contributed by atoms with E-state index in [1.54, 1.807) is 12.1 Å². The second kappa shape index (κ2) is 6.08. The van der Waals surface area contributed by atoms with Crippen LogP contribution in [0, 0.1) is 17.0 Å². The summed E-state index contributed by atoms with van der Waals surface area (Å²) in [6, 6.07) is 13.8. The molecule has 1 aromatic heterocycles. The molecular formula is C18H15N3O3. The van der Waals surface area contributed by atoms with Crippen molar-refractivity contribution in [2.24, 2.45) is 0 Å². The highest BCUT2D eigenvalue weighted by Gasteiger charge is 2.17. The molecule has 0 atom stereocenters. The Kier molecular flexibility index (Phi) is 3.95. The Morgan fingerprint density at radius 3 is 2.17 bits per heavy atom. The fraction of sp³-hybridized carbons (Fsp3) is 0.111. The number of aromatic amines is 1. The van der Waals surface area contributed by atoms with Crippen molar-refractivity contribution in [3.63, 3.8) is 0 Å². The first-order valence-electron chi connectivity index (χ1n) is 7.38. The van der Waals surface area contributed by atoms with E-state index in [0.29, 0.717) is 22.8 Å². The molecule has 2 aromatic carbocycles. The first-order valence-corrected chi connectivity index (χ1v) is 7.38. The predicted molar refractivity (Wildman–Crippen MR) is 90.9 cm³/mol. The van der Waals surface area contributed by atoms with E-state index in [1.807, 2.05) is 31.2 Å². The van der Waals surface area contributed by atoms with Crippen molar-refractivity contribution in [2.75, 3.05) is 0 Å². The first kappa shape index (κ1) is 15.6. The van der Waals surface area contributed by atoms with Crippen LogP contribution in [0.25, 0.3) is 22.6 Å². The average Bonchev–Trinajstić information content (AvgIpc) is 3.01. The summed E-state index contributed by atoms with van der Waals surface area (Å²) in [5.74, 6) is 0.386. The maximum Gasteiger partial charge on any atom is 0.269 e. The van der Waals surface area contributed by atoms with Gasteiger partial charge in [0, 0.05) is 30.2 Å².